The van der Waals surface area contributed by atoms with Gasteiger partial charge in [-0.2, -0.15) is 5.10 Å². The summed E-state index contributed by atoms with van der Waals surface area (Å²) in [6, 6.07) is 7.21. The first-order valence-electron chi connectivity index (χ1n) is 11.4. The van der Waals surface area contributed by atoms with E-state index in [4.69, 9.17) is 10.7 Å². The second-order valence-corrected chi connectivity index (χ2v) is 8.49. The van der Waals surface area contributed by atoms with Gasteiger partial charge in [0.05, 0.1) is 42.8 Å². The van der Waals surface area contributed by atoms with Gasteiger partial charge in [0.1, 0.15) is 11.0 Å². The highest BCUT2D eigenvalue weighted by Crippen LogP contribution is 2.23. The van der Waals surface area contributed by atoms with Crippen molar-refractivity contribution >= 4 is 34.3 Å². The number of carbonyl (C=O) groups excluding carboxylic acids is 1. The monoisotopic (exact) mass is 458 g/mol. The van der Waals surface area contributed by atoms with Gasteiger partial charge in [0, 0.05) is 19.1 Å². The van der Waals surface area contributed by atoms with E-state index in [1.807, 2.05) is 10.6 Å². The smallest absolute Gasteiger partial charge is 0.293 e. The van der Waals surface area contributed by atoms with E-state index in [0.29, 0.717) is 47.0 Å². The molecular weight excluding hydrogens is 432 g/mol. The number of nitrogens with zero attached hydrogens (tertiary/aromatic N) is 6. The van der Waals surface area contributed by atoms with E-state index >= 15 is 0 Å². The molecule has 1 aromatic carbocycles. The van der Waals surface area contributed by atoms with Crippen molar-refractivity contribution < 1.29 is 4.79 Å². The number of carbonyl (C=O) groups is 1. The normalized spacial score (nSPS) is 17.9. The summed E-state index contributed by atoms with van der Waals surface area (Å²) in [5.74, 6) is 6.47. The Balaban J connectivity index is 1.55. The average molecular weight is 459 g/mol. The van der Waals surface area contributed by atoms with Crippen molar-refractivity contribution in [2.75, 3.05) is 24.5 Å². The average Bonchev–Trinajstić information content (AvgIpc) is 3.14. The van der Waals surface area contributed by atoms with Crippen molar-refractivity contribution in [2.24, 2.45) is 10.7 Å². The topological polar surface area (TPSA) is 123 Å². The number of benzene rings is 1. The Kier molecular flexibility index (Phi) is 5.86. The molecule has 0 bridgehead atoms. The third kappa shape index (κ3) is 4.06. The van der Waals surface area contributed by atoms with Crippen molar-refractivity contribution in [1.82, 2.24) is 24.6 Å². The van der Waals surface area contributed by atoms with Crippen LogP contribution < -0.4 is 21.5 Å². The molecule has 1 atom stereocenters. The second kappa shape index (κ2) is 9.11. The van der Waals surface area contributed by atoms with Crippen molar-refractivity contribution in [3.8, 4) is 11.8 Å². The molecule has 2 aromatic heterocycles. The number of para-hydroxylation sites is 1. The van der Waals surface area contributed by atoms with Gasteiger partial charge in [-0.3, -0.25) is 19.1 Å². The lowest BCUT2D eigenvalue weighted by Crippen LogP contribution is -2.44. The van der Waals surface area contributed by atoms with Gasteiger partial charge in [-0.25, -0.2) is 9.67 Å². The Labute approximate surface area is 196 Å². The molecule has 3 aromatic rings. The van der Waals surface area contributed by atoms with Crippen LogP contribution in [-0.2, 0) is 13.1 Å². The number of rotatable bonds is 4. The molecule has 174 valence electrons. The molecule has 34 heavy (non-hydrogen) atoms. The summed E-state index contributed by atoms with van der Waals surface area (Å²) in [4.78, 5) is 37.4. The number of hydrogen-bond donors (Lipinski definition) is 2. The van der Waals surface area contributed by atoms with E-state index in [1.165, 1.54) is 4.68 Å². The molecule has 4 heterocycles. The first kappa shape index (κ1) is 21.9. The second-order valence-electron chi connectivity index (χ2n) is 8.49. The van der Waals surface area contributed by atoms with E-state index in [2.05, 4.69) is 32.1 Å². The molecule has 1 unspecified atom stereocenters. The number of nitrogens with two attached hydrogens (primary N) is 1. The molecule has 2 aliphatic heterocycles. The summed E-state index contributed by atoms with van der Waals surface area (Å²) in [5, 5.41) is 7.21. The van der Waals surface area contributed by atoms with Crippen molar-refractivity contribution in [3.05, 3.63) is 46.4 Å². The molecule has 10 heteroatoms. The first-order valence-corrected chi connectivity index (χ1v) is 11.4. The lowest BCUT2D eigenvalue weighted by atomic mass is 10.1. The van der Waals surface area contributed by atoms with Crippen LogP contribution in [0.5, 0.6) is 0 Å². The highest BCUT2D eigenvalue weighted by Gasteiger charge is 2.25. The number of amides is 1. The summed E-state index contributed by atoms with van der Waals surface area (Å²) in [6.45, 7) is 4.01. The van der Waals surface area contributed by atoms with Gasteiger partial charge in [-0.05, 0) is 31.9 Å². The molecule has 0 aliphatic carbocycles. The third-order valence-corrected chi connectivity index (χ3v) is 6.10. The van der Waals surface area contributed by atoms with Crippen LogP contribution in [0.3, 0.4) is 0 Å². The molecule has 3 N–H and O–H groups in total. The van der Waals surface area contributed by atoms with Gasteiger partial charge in [0.2, 0.25) is 5.95 Å². The molecule has 1 amide bonds. The van der Waals surface area contributed by atoms with E-state index in [0.717, 1.165) is 19.4 Å². The van der Waals surface area contributed by atoms with Crippen LogP contribution in [0.4, 0.5) is 11.6 Å². The number of nitrogens with one attached hydrogen (secondary N) is 1. The maximum atomic E-state index is 13.5. The Morgan fingerprint density at radius 3 is 2.94 bits per heavy atom. The number of imidazole rings is 1. The Hall–Kier alpha value is -3.97. The highest BCUT2D eigenvalue weighted by atomic mass is 16.2. The van der Waals surface area contributed by atoms with Crippen molar-refractivity contribution in [1.29, 1.82) is 0 Å². The molecule has 2 aliphatic rings. The van der Waals surface area contributed by atoms with Crippen LogP contribution in [0, 0.1) is 11.8 Å². The minimum Gasteiger partial charge on any atom is -0.347 e. The molecule has 10 nitrogen and oxygen atoms in total. The van der Waals surface area contributed by atoms with E-state index < -0.39 is 0 Å². The minimum absolute atomic E-state index is 0.0698. The number of fused-ring (bicyclic) bond motifs is 2. The van der Waals surface area contributed by atoms with Crippen LogP contribution in [0.25, 0.3) is 11.0 Å². The molecule has 0 spiro atoms. The summed E-state index contributed by atoms with van der Waals surface area (Å²) in [6.07, 6.45) is 3.55. The number of hydrogen-bond acceptors (Lipinski definition) is 7. The SMILES string of the molecule is CC#CCn1c(N2CCCC(N)C2)nc2cnn(CC3=Nc4ccccc4C(=O)NC3)c(=O)c21. The largest absolute Gasteiger partial charge is 0.347 e. The van der Waals surface area contributed by atoms with Crippen molar-refractivity contribution in [2.45, 2.75) is 38.9 Å². The summed E-state index contributed by atoms with van der Waals surface area (Å²) < 4.78 is 3.22. The highest BCUT2D eigenvalue weighted by molar-refractivity contribution is 6.05. The van der Waals surface area contributed by atoms with Gasteiger partial charge in [-0.15, -0.1) is 5.92 Å². The predicted octanol–water partition coefficient (Wildman–Crippen LogP) is 1.06. The molecule has 1 fully saturated rings. The molecular formula is C24H26N8O2. The van der Waals surface area contributed by atoms with Crippen LogP contribution >= 0.6 is 0 Å². The van der Waals surface area contributed by atoms with E-state index in [1.54, 1.807) is 31.3 Å². The predicted molar refractivity (Wildman–Crippen MR) is 131 cm³/mol. The minimum atomic E-state index is -0.276. The lowest BCUT2D eigenvalue weighted by molar-refractivity contribution is 0.0960. The van der Waals surface area contributed by atoms with Gasteiger partial charge < -0.3 is 16.0 Å². The maximum absolute atomic E-state index is 13.5. The Bertz CT molecular complexity index is 1410. The summed E-state index contributed by atoms with van der Waals surface area (Å²) in [5.41, 5.74) is 8.61. The number of aliphatic imine (C=N–C) groups is 1. The van der Waals surface area contributed by atoms with Gasteiger partial charge >= 0.3 is 0 Å². The van der Waals surface area contributed by atoms with Crippen LogP contribution in [0.2, 0.25) is 0 Å². The molecule has 0 radical (unpaired) electrons. The molecule has 0 saturated carbocycles. The summed E-state index contributed by atoms with van der Waals surface area (Å²) >= 11 is 0. The number of piperidine rings is 1. The Morgan fingerprint density at radius 1 is 1.26 bits per heavy atom. The van der Waals surface area contributed by atoms with Gasteiger partial charge in [0.25, 0.3) is 11.5 Å². The van der Waals surface area contributed by atoms with Crippen LogP contribution in [0.1, 0.15) is 30.1 Å². The zero-order valence-corrected chi connectivity index (χ0v) is 19.0. The zero-order valence-electron chi connectivity index (χ0n) is 19.0. The Morgan fingerprint density at radius 2 is 2.12 bits per heavy atom. The fraction of sp³-hybridized carbons (Fsp3) is 0.375. The number of anilines is 1. The van der Waals surface area contributed by atoms with Crippen LogP contribution in [-0.4, -0.2) is 56.6 Å². The maximum Gasteiger partial charge on any atom is 0.293 e. The fourth-order valence-electron chi connectivity index (χ4n) is 4.44. The quantitative estimate of drug-likeness (QED) is 0.564. The third-order valence-electron chi connectivity index (χ3n) is 6.10. The van der Waals surface area contributed by atoms with E-state index in [-0.39, 0.29) is 30.6 Å². The van der Waals surface area contributed by atoms with E-state index in [9.17, 15) is 9.59 Å². The first-order chi connectivity index (χ1) is 16.5. The van der Waals surface area contributed by atoms with Crippen LogP contribution in [0.15, 0.2) is 40.2 Å². The number of aromatic nitrogens is 4. The standard InChI is InChI=1S/C24H26N8O2/c1-2-3-11-31-21-20(29-24(31)30-10-6-7-16(25)14-30)13-27-32(23(21)34)15-17-12-26-22(33)18-8-4-5-9-19(18)28-17/h4-5,8-9,13,16H,6-7,10-12,14-15,25H2,1H3,(H,26,33). The lowest BCUT2D eigenvalue weighted by Gasteiger charge is -2.31. The molecule has 5 rings (SSSR count). The van der Waals surface area contributed by atoms with Crippen molar-refractivity contribution in [3.63, 3.8) is 0 Å². The molecule has 1 saturated heterocycles. The fourth-order valence-corrected chi connectivity index (χ4v) is 4.44. The van der Waals surface area contributed by atoms with Gasteiger partial charge in [0.15, 0.2) is 0 Å². The summed E-state index contributed by atoms with van der Waals surface area (Å²) in [7, 11) is 0. The zero-order chi connectivity index (χ0) is 23.7. The van der Waals surface area contributed by atoms with Gasteiger partial charge in [-0.1, -0.05) is 18.1 Å².